The van der Waals surface area contributed by atoms with Gasteiger partial charge in [-0.3, -0.25) is 0 Å². The number of nitrogens with zero attached hydrogens (tertiary/aromatic N) is 2. The summed E-state index contributed by atoms with van der Waals surface area (Å²) in [5.41, 5.74) is 5.97. The van der Waals surface area contributed by atoms with E-state index >= 15 is 0 Å². The summed E-state index contributed by atoms with van der Waals surface area (Å²) >= 11 is 0. The Balaban J connectivity index is 1.61. The number of H-pyrrole nitrogens is 1. The molecule has 2 heterocycles. The highest BCUT2D eigenvalue weighted by Crippen LogP contribution is 2.41. The van der Waals surface area contributed by atoms with Crippen molar-refractivity contribution in [2.45, 2.75) is 18.3 Å². The maximum absolute atomic E-state index is 11.9. The average Bonchev–Trinajstić information content (AvgIpc) is 3.36. The summed E-state index contributed by atoms with van der Waals surface area (Å²) < 4.78 is 26.6. The van der Waals surface area contributed by atoms with Crippen molar-refractivity contribution in [1.29, 1.82) is 0 Å². The summed E-state index contributed by atoms with van der Waals surface area (Å²) in [5.74, 6) is 0. The minimum atomic E-state index is -3.30. The molecule has 6 nitrogen and oxygen atoms in total. The molecule has 1 aliphatic rings. The molecule has 0 saturated carbocycles. The first-order valence-corrected chi connectivity index (χ1v) is 11.7. The largest absolute Gasteiger partial charge is 0.346 e. The van der Waals surface area contributed by atoms with E-state index in [0.717, 1.165) is 40.7 Å². The highest BCUT2D eigenvalue weighted by atomic mass is 32.2. The molecule has 2 N–H and O–H groups in total. The van der Waals surface area contributed by atoms with Crippen LogP contribution in [0.2, 0.25) is 0 Å². The van der Waals surface area contributed by atoms with Crippen molar-refractivity contribution in [3.8, 4) is 11.3 Å². The third kappa shape index (κ3) is 3.40. The molecular formula is C23H22N4O2S. The number of benzene rings is 2. The second kappa shape index (κ2) is 7.04. The van der Waals surface area contributed by atoms with Crippen LogP contribution in [0.3, 0.4) is 0 Å². The van der Waals surface area contributed by atoms with Gasteiger partial charge in [-0.25, -0.2) is 23.1 Å². The van der Waals surface area contributed by atoms with Crippen LogP contribution in [0.5, 0.6) is 0 Å². The smallest absolute Gasteiger partial charge is 0.208 e. The summed E-state index contributed by atoms with van der Waals surface area (Å²) in [6.45, 7) is 0.354. The predicted molar refractivity (Wildman–Crippen MR) is 118 cm³/mol. The van der Waals surface area contributed by atoms with Crippen molar-refractivity contribution < 1.29 is 8.42 Å². The first kappa shape index (κ1) is 19.0. The lowest BCUT2D eigenvalue weighted by molar-refractivity contribution is 0.442. The molecule has 7 heteroatoms. The monoisotopic (exact) mass is 418 g/mol. The summed E-state index contributed by atoms with van der Waals surface area (Å²) in [6.07, 6.45) is 6.21. The Kier molecular flexibility index (Phi) is 4.45. The molecular weight excluding hydrogens is 396 g/mol. The standard InChI is InChI=1S/C23H22N4O2S/c1-30(28,29)27-14-23(12-17-5-2-3-6-18(17)13-23)19-8-4-7-16(11-19)21-20-9-10-24-22(20)26-15-25-21/h2-11,15,27H,12-14H2,1H3,(H,24,25,26). The van der Waals surface area contributed by atoms with Gasteiger partial charge in [0.25, 0.3) is 0 Å². The van der Waals surface area contributed by atoms with Gasteiger partial charge in [0.15, 0.2) is 0 Å². The Labute approximate surface area is 175 Å². The SMILES string of the molecule is CS(=O)(=O)NCC1(c2cccc(-c3ncnc4[nH]ccc34)c2)Cc2ccccc2C1. The molecule has 0 atom stereocenters. The molecule has 1 aliphatic carbocycles. The fraction of sp³-hybridized carbons (Fsp3) is 0.217. The van der Waals surface area contributed by atoms with Crippen LogP contribution in [-0.2, 0) is 28.3 Å². The second-order valence-electron chi connectivity index (χ2n) is 8.04. The molecule has 0 unspecified atom stereocenters. The van der Waals surface area contributed by atoms with Crippen LogP contribution in [0.15, 0.2) is 67.1 Å². The molecule has 0 fully saturated rings. The maximum Gasteiger partial charge on any atom is 0.208 e. The van der Waals surface area contributed by atoms with Crippen LogP contribution in [0.4, 0.5) is 0 Å². The Morgan fingerprint density at radius 2 is 1.80 bits per heavy atom. The highest BCUT2D eigenvalue weighted by molar-refractivity contribution is 7.88. The average molecular weight is 419 g/mol. The fourth-order valence-electron chi connectivity index (χ4n) is 4.49. The van der Waals surface area contributed by atoms with Gasteiger partial charge in [0.1, 0.15) is 12.0 Å². The van der Waals surface area contributed by atoms with E-state index in [1.54, 1.807) is 6.33 Å². The van der Waals surface area contributed by atoms with E-state index in [-0.39, 0.29) is 5.41 Å². The van der Waals surface area contributed by atoms with Crippen molar-refractivity contribution in [3.63, 3.8) is 0 Å². The highest BCUT2D eigenvalue weighted by Gasteiger charge is 2.39. The summed E-state index contributed by atoms with van der Waals surface area (Å²) in [5, 5.41) is 0.965. The minimum absolute atomic E-state index is 0.340. The Bertz CT molecular complexity index is 1320. The lowest BCUT2D eigenvalue weighted by Crippen LogP contribution is -2.41. The van der Waals surface area contributed by atoms with Crippen LogP contribution in [0, 0.1) is 0 Å². The first-order chi connectivity index (χ1) is 14.4. The van der Waals surface area contributed by atoms with Gasteiger partial charge in [-0.1, -0.05) is 42.5 Å². The Hall–Kier alpha value is -3.03. The Morgan fingerprint density at radius 3 is 2.53 bits per heavy atom. The van der Waals surface area contributed by atoms with Crippen molar-refractivity contribution in [3.05, 3.63) is 83.8 Å². The third-order valence-electron chi connectivity index (χ3n) is 5.95. The number of hydrogen-bond donors (Lipinski definition) is 2. The zero-order valence-electron chi connectivity index (χ0n) is 16.6. The summed E-state index contributed by atoms with van der Waals surface area (Å²) in [7, 11) is -3.30. The van der Waals surface area contributed by atoms with Gasteiger partial charge in [-0.2, -0.15) is 0 Å². The molecule has 2 aromatic carbocycles. The van der Waals surface area contributed by atoms with E-state index in [9.17, 15) is 8.42 Å². The van der Waals surface area contributed by atoms with Gasteiger partial charge < -0.3 is 4.98 Å². The molecule has 0 saturated heterocycles. The van der Waals surface area contributed by atoms with Gasteiger partial charge in [0, 0.05) is 29.1 Å². The van der Waals surface area contributed by atoms with Crippen LogP contribution in [0.1, 0.15) is 16.7 Å². The quantitative estimate of drug-likeness (QED) is 0.521. The Morgan fingerprint density at radius 1 is 1.03 bits per heavy atom. The van der Waals surface area contributed by atoms with Crippen molar-refractivity contribution in [2.75, 3.05) is 12.8 Å². The lowest BCUT2D eigenvalue weighted by Gasteiger charge is -2.30. The lowest BCUT2D eigenvalue weighted by atomic mass is 9.77. The zero-order chi connectivity index (χ0) is 20.8. The first-order valence-electron chi connectivity index (χ1n) is 9.84. The fourth-order valence-corrected chi connectivity index (χ4v) is 5.03. The van der Waals surface area contributed by atoms with Crippen molar-refractivity contribution in [2.24, 2.45) is 0 Å². The summed E-state index contributed by atoms with van der Waals surface area (Å²) in [4.78, 5) is 11.9. The number of aromatic nitrogens is 3. The molecule has 0 amide bonds. The molecule has 152 valence electrons. The second-order valence-corrected chi connectivity index (χ2v) is 9.87. The van der Waals surface area contributed by atoms with Crippen LogP contribution >= 0.6 is 0 Å². The van der Waals surface area contributed by atoms with Gasteiger partial charge in [-0.05, 0) is 41.7 Å². The van der Waals surface area contributed by atoms with Crippen LogP contribution in [0.25, 0.3) is 22.3 Å². The van der Waals surface area contributed by atoms with Crippen LogP contribution in [-0.4, -0.2) is 36.2 Å². The van der Waals surface area contributed by atoms with E-state index in [0.29, 0.717) is 6.54 Å². The number of aromatic amines is 1. The number of rotatable bonds is 5. The molecule has 0 aliphatic heterocycles. The van der Waals surface area contributed by atoms with Gasteiger partial charge >= 0.3 is 0 Å². The van der Waals surface area contributed by atoms with E-state index in [1.807, 2.05) is 36.5 Å². The third-order valence-corrected chi connectivity index (χ3v) is 6.62. The number of hydrogen-bond acceptors (Lipinski definition) is 4. The van der Waals surface area contributed by atoms with Crippen molar-refractivity contribution in [1.82, 2.24) is 19.7 Å². The van der Waals surface area contributed by atoms with Gasteiger partial charge in [0.2, 0.25) is 10.0 Å². The molecule has 0 radical (unpaired) electrons. The summed E-state index contributed by atoms with van der Waals surface area (Å²) in [6, 6.07) is 18.6. The van der Waals surface area contributed by atoms with Crippen LogP contribution < -0.4 is 4.72 Å². The van der Waals surface area contributed by atoms with E-state index < -0.39 is 10.0 Å². The van der Waals surface area contributed by atoms with E-state index in [2.05, 4.69) is 43.9 Å². The van der Waals surface area contributed by atoms with Gasteiger partial charge in [0.05, 0.1) is 11.9 Å². The number of sulfonamides is 1. The van der Waals surface area contributed by atoms with Gasteiger partial charge in [-0.15, -0.1) is 0 Å². The molecule has 2 aromatic heterocycles. The maximum atomic E-state index is 11.9. The predicted octanol–water partition coefficient (Wildman–Crippen LogP) is 3.21. The normalized spacial score (nSPS) is 15.4. The molecule has 0 bridgehead atoms. The van der Waals surface area contributed by atoms with Crippen molar-refractivity contribution >= 4 is 21.1 Å². The molecule has 0 spiro atoms. The number of fused-ring (bicyclic) bond motifs is 2. The topological polar surface area (TPSA) is 87.7 Å². The number of nitrogens with one attached hydrogen (secondary N) is 2. The zero-order valence-corrected chi connectivity index (χ0v) is 17.4. The van der Waals surface area contributed by atoms with E-state index in [4.69, 9.17) is 0 Å². The van der Waals surface area contributed by atoms with E-state index in [1.165, 1.54) is 17.4 Å². The molecule has 4 aromatic rings. The minimum Gasteiger partial charge on any atom is -0.346 e. The molecule has 30 heavy (non-hydrogen) atoms. The molecule has 5 rings (SSSR count).